The molecular weight excluding hydrogens is 360 g/mol. The molecule has 5 nitrogen and oxygen atoms in total. The molecule has 0 saturated heterocycles. The predicted molar refractivity (Wildman–Crippen MR) is 110 cm³/mol. The zero-order valence-electron chi connectivity index (χ0n) is 16.4. The van der Waals surface area contributed by atoms with Gasteiger partial charge in [-0.25, -0.2) is 8.42 Å². The number of carbonyl (C=O) groups excluding carboxylic acids is 1. The number of carbonyl (C=O) groups is 1. The molecule has 2 aromatic carbocycles. The largest absolute Gasteiger partial charge is 0.350 e. The van der Waals surface area contributed by atoms with E-state index in [0.717, 1.165) is 16.7 Å². The third-order valence-corrected chi connectivity index (χ3v) is 5.53. The lowest BCUT2D eigenvalue weighted by atomic mass is 10.1. The maximum atomic E-state index is 12.2. The highest BCUT2D eigenvalue weighted by molar-refractivity contribution is 7.92. The Balaban J connectivity index is 1.96. The van der Waals surface area contributed by atoms with Crippen molar-refractivity contribution in [3.63, 3.8) is 0 Å². The van der Waals surface area contributed by atoms with Gasteiger partial charge in [0.1, 0.15) is 0 Å². The summed E-state index contributed by atoms with van der Waals surface area (Å²) in [6.45, 7) is 6.09. The summed E-state index contributed by atoms with van der Waals surface area (Å²) in [6.07, 6.45) is 1.92. The molecule has 0 radical (unpaired) electrons. The van der Waals surface area contributed by atoms with Gasteiger partial charge in [0, 0.05) is 13.0 Å². The molecule has 0 aliphatic carbocycles. The van der Waals surface area contributed by atoms with Crippen molar-refractivity contribution in [2.75, 3.05) is 17.1 Å². The fourth-order valence-electron chi connectivity index (χ4n) is 3.10. The fourth-order valence-corrected chi connectivity index (χ4v) is 4.05. The third kappa shape index (κ3) is 6.40. The van der Waals surface area contributed by atoms with E-state index in [1.165, 1.54) is 10.6 Å². The average molecular weight is 389 g/mol. The second-order valence-electron chi connectivity index (χ2n) is 6.98. The summed E-state index contributed by atoms with van der Waals surface area (Å²) in [7, 11) is -3.41. The van der Waals surface area contributed by atoms with Gasteiger partial charge in [0.05, 0.1) is 18.0 Å². The van der Waals surface area contributed by atoms with E-state index in [1.807, 2.05) is 69.3 Å². The Bertz CT molecular complexity index is 859. The van der Waals surface area contributed by atoms with E-state index in [2.05, 4.69) is 5.32 Å². The van der Waals surface area contributed by atoms with Gasteiger partial charge < -0.3 is 5.32 Å². The molecule has 0 heterocycles. The maximum absolute atomic E-state index is 12.2. The van der Waals surface area contributed by atoms with Crippen molar-refractivity contribution in [1.82, 2.24) is 5.32 Å². The predicted octanol–water partition coefficient (Wildman–Crippen LogP) is 3.73. The quantitative estimate of drug-likeness (QED) is 0.749. The number of benzene rings is 2. The summed E-state index contributed by atoms with van der Waals surface area (Å²) in [4.78, 5) is 12.2. The van der Waals surface area contributed by atoms with Crippen molar-refractivity contribution >= 4 is 21.6 Å². The molecular formula is C21H28N2O3S. The molecule has 1 N–H and O–H groups in total. The first kappa shape index (κ1) is 21.0. The van der Waals surface area contributed by atoms with Crippen LogP contribution >= 0.6 is 0 Å². The number of anilines is 1. The highest BCUT2D eigenvalue weighted by atomic mass is 32.2. The Kier molecular flexibility index (Phi) is 7.02. The second-order valence-corrected chi connectivity index (χ2v) is 8.89. The van der Waals surface area contributed by atoms with E-state index >= 15 is 0 Å². The van der Waals surface area contributed by atoms with Crippen LogP contribution in [-0.4, -0.2) is 27.1 Å². The first-order chi connectivity index (χ1) is 12.7. The van der Waals surface area contributed by atoms with Crippen molar-refractivity contribution in [3.8, 4) is 0 Å². The summed E-state index contributed by atoms with van der Waals surface area (Å²) in [5.41, 5.74) is 3.70. The van der Waals surface area contributed by atoms with E-state index in [4.69, 9.17) is 0 Å². The Labute approximate surface area is 162 Å². The third-order valence-electron chi connectivity index (χ3n) is 4.34. The van der Waals surface area contributed by atoms with Crippen LogP contribution in [0.4, 0.5) is 5.69 Å². The van der Waals surface area contributed by atoms with E-state index in [0.29, 0.717) is 12.1 Å². The number of sulfonamides is 1. The number of hydrogen-bond acceptors (Lipinski definition) is 3. The molecule has 0 aliphatic rings. The van der Waals surface area contributed by atoms with Gasteiger partial charge in [-0.05, 0) is 56.0 Å². The maximum Gasteiger partial charge on any atom is 0.232 e. The molecule has 146 valence electrons. The number of nitrogens with zero attached hydrogens (tertiary/aromatic N) is 1. The minimum absolute atomic E-state index is 0.0795. The molecule has 0 aromatic heterocycles. The summed E-state index contributed by atoms with van der Waals surface area (Å²) >= 11 is 0. The van der Waals surface area contributed by atoms with E-state index in [9.17, 15) is 13.2 Å². The minimum atomic E-state index is -3.41. The molecule has 27 heavy (non-hydrogen) atoms. The average Bonchev–Trinajstić information content (AvgIpc) is 2.57. The lowest BCUT2D eigenvalue weighted by molar-refractivity contribution is -0.121. The first-order valence-corrected chi connectivity index (χ1v) is 10.9. The van der Waals surface area contributed by atoms with Crippen molar-refractivity contribution in [2.24, 2.45) is 0 Å². The molecule has 2 aromatic rings. The van der Waals surface area contributed by atoms with Gasteiger partial charge in [-0.15, -0.1) is 0 Å². The minimum Gasteiger partial charge on any atom is -0.350 e. The van der Waals surface area contributed by atoms with Crippen molar-refractivity contribution in [2.45, 2.75) is 39.7 Å². The van der Waals surface area contributed by atoms with Crippen LogP contribution in [0.3, 0.4) is 0 Å². The van der Waals surface area contributed by atoms with E-state index in [1.54, 1.807) is 0 Å². The molecule has 1 amide bonds. The molecule has 1 atom stereocenters. The summed E-state index contributed by atoms with van der Waals surface area (Å²) in [5.74, 6) is -0.0831. The Morgan fingerprint density at radius 2 is 1.67 bits per heavy atom. The topological polar surface area (TPSA) is 66.5 Å². The molecule has 0 spiro atoms. The van der Waals surface area contributed by atoms with Gasteiger partial charge in [-0.1, -0.05) is 36.4 Å². The van der Waals surface area contributed by atoms with E-state index in [-0.39, 0.29) is 24.9 Å². The lowest BCUT2D eigenvalue weighted by Gasteiger charge is -2.23. The van der Waals surface area contributed by atoms with Gasteiger partial charge in [0.15, 0.2) is 0 Å². The van der Waals surface area contributed by atoms with Crippen LogP contribution in [0.1, 0.15) is 42.5 Å². The molecule has 6 heteroatoms. The van der Waals surface area contributed by atoms with Crippen LogP contribution < -0.4 is 9.62 Å². The van der Waals surface area contributed by atoms with Crippen LogP contribution in [0.25, 0.3) is 0 Å². The second kappa shape index (κ2) is 9.04. The molecule has 0 bridgehead atoms. The van der Waals surface area contributed by atoms with Crippen LogP contribution in [0.15, 0.2) is 48.5 Å². The number of aryl methyl sites for hydroxylation is 2. The zero-order chi connectivity index (χ0) is 20.0. The molecule has 0 aliphatic heterocycles. The Hall–Kier alpha value is -2.34. The van der Waals surface area contributed by atoms with Crippen LogP contribution in [0.5, 0.6) is 0 Å². The smallest absolute Gasteiger partial charge is 0.232 e. The van der Waals surface area contributed by atoms with Crippen molar-refractivity contribution in [3.05, 3.63) is 65.2 Å². The Morgan fingerprint density at radius 3 is 2.22 bits per heavy atom. The standard InChI is InChI=1S/C21H28N2O3S/c1-16-13-17(2)15-20(14-16)23(27(4,25)26)12-8-11-21(24)22-18(3)19-9-6-5-7-10-19/h5-7,9-10,13-15,18H,8,11-12H2,1-4H3,(H,22,24)/t18-/m0/s1. The molecule has 0 fully saturated rings. The van der Waals surface area contributed by atoms with Crippen LogP contribution in [-0.2, 0) is 14.8 Å². The zero-order valence-corrected chi connectivity index (χ0v) is 17.2. The summed E-state index contributed by atoms with van der Waals surface area (Å²) in [6, 6.07) is 15.4. The SMILES string of the molecule is Cc1cc(C)cc(N(CCCC(=O)N[C@@H](C)c2ccccc2)S(C)(=O)=O)c1. The van der Waals surface area contributed by atoms with Gasteiger partial charge in [-0.3, -0.25) is 9.10 Å². The number of hydrogen-bond donors (Lipinski definition) is 1. The molecule has 2 rings (SSSR count). The molecule has 0 saturated carbocycles. The van der Waals surface area contributed by atoms with E-state index < -0.39 is 10.0 Å². The summed E-state index contributed by atoms with van der Waals surface area (Å²) in [5, 5.41) is 2.96. The number of nitrogens with one attached hydrogen (secondary N) is 1. The first-order valence-electron chi connectivity index (χ1n) is 9.07. The van der Waals surface area contributed by atoms with Crippen LogP contribution in [0.2, 0.25) is 0 Å². The molecule has 0 unspecified atom stereocenters. The van der Waals surface area contributed by atoms with Crippen molar-refractivity contribution in [1.29, 1.82) is 0 Å². The summed E-state index contributed by atoms with van der Waals surface area (Å²) < 4.78 is 25.8. The van der Waals surface area contributed by atoms with Gasteiger partial charge in [0.2, 0.25) is 15.9 Å². The van der Waals surface area contributed by atoms with Gasteiger partial charge in [0.25, 0.3) is 0 Å². The van der Waals surface area contributed by atoms with Crippen LogP contribution in [0, 0.1) is 13.8 Å². The fraction of sp³-hybridized carbons (Fsp3) is 0.381. The highest BCUT2D eigenvalue weighted by Gasteiger charge is 2.18. The van der Waals surface area contributed by atoms with Gasteiger partial charge in [-0.2, -0.15) is 0 Å². The highest BCUT2D eigenvalue weighted by Crippen LogP contribution is 2.22. The normalized spacial score (nSPS) is 12.4. The monoisotopic (exact) mass is 388 g/mol. The lowest BCUT2D eigenvalue weighted by Crippen LogP contribution is -2.32. The number of rotatable bonds is 8. The van der Waals surface area contributed by atoms with Gasteiger partial charge >= 0.3 is 0 Å². The Morgan fingerprint density at radius 1 is 1.07 bits per heavy atom. The van der Waals surface area contributed by atoms with Crippen molar-refractivity contribution < 1.29 is 13.2 Å². The number of amides is 1.